The molecule has 1 nitrogen and oxygen atoms in total. The molecule has 0 aliphatic rings. The number of hydrogen-bond donors (Lipinski definition) is 0. The maximum Gasteiger partial charge on any atom is 0.132 e. The molecule has 118 valence electrons. The zero-order valence-corrected chi connectivity index (χ0v) is 14.4. The number of nitrogens with zero attached hydrogens (tertiary/aromatic N) is 1. The Morgan fingerprint density at radius 2 is 1.41 bits per heavy atom. The molecule has 0 atom stereocenters. The zero-order valence-electron chi connectivity index (χ0n) is 14.4. The van der Waals surface area contributed by atoms with Gasteiger partial charge in [0.15, 0.2) is 0 Å². The molecule has 0 spiro atoms. The van der Waals surface area contributed by atoms with E-state index in [4.69, 9.17) is 0 Å². The van der Waals surface area contributed by atoms with Crippen molar-refractivity contribution < 1.29 is 0 Å². The Morgan fingerprint density at radius 1 is 0.727 bits per heavy atom. The first-order valence-electron chi connectivity index (χ1n) is 8.58. The number of unbranched alkanes of at least 4 members (excludes halogenated alkanes) is 3. The van der Waals surface area contributed by atoms with E-state index in [0.717, 1.165) is 11.0 Å². The van der Waals surface area contributed by atoms with Gasteiger partial charge in [0.05, 0.1) is 14.1 Å². The first-order valence-corrected chi connectivity index (χ1v) is 8.58. The fourth-order valence-electron chi connectivity index (χ4n) is 2.95. The topological polar surface area (TPSA) is 0 Å². The molecule has 2 aromatic rings. The summed E-state index contributed by atoms with van der Waals surface area (Å²) in [5.74, 6) is 0. The summed E-state index contributed by atoms with van der Waals surface area (Å²) in [5, 5.41) is 0. The Kier molecular flexibility index (Phi) is 6.21. The second kappa shape index (κ2) is 8.14. The maximum absolute atomic E-state index is 2.31. The van der Waals surface area contributed by atoms with Crippen LogP contribution in [0.1, 0.15) is 43.7 Å². The molecule has 0 N–H and O–H groups in total. The monoisotopic (exact) mass is 296 g/mol. The van der Waals surface area contributed by atoms with Crippen LogP contribution in [0.4, 0.5) is 5.69 Å². The molecule has 1 heteroatoms. The summed E-state index contributed by atoms with van der Waals surface area (Å²) in [6.07, 6.45) is 6.55. The molecule has 2 rings (SSSR count). The Hall–Kier alpha value is -1.60. The fourth-order valence-corrected chi connectivity index (χ4v) is 2.95. The van der Waals surface area contributed by atoms with Crippen LogP contribution in [-0.4, -0.2) is 14.1 Å². The Bertz CT molecular complexity index is 540. The predicted molar refractivity (Wildman–Crippen MR) is 98.1 cm³/mol. The van der Waals surface area contributed by atoms with Gasteiger partial charge in [-0.2, -0.15) is 0 Å². The molecule has 0 amide bonds. The number of hydrogen-bond acceptors (Lipinski definition) is 0. The summed E-state index contributed by atoms with van der Waals surface area (Å²) in [5.41, 5.74) is 4.23. The van der Waals surface area contributed by atoms with E-state index in [2.05, 4.69) is 75.6 Å². The number of aryl methyl sites for hydroxylation is 1. The van der Waals surface area contributed by atoms with Gasteiger partial charge in [-0.25, -0.2) is 0 Å². The lowest BCUT2D eigenvalue weighted by atomic mass is 10.1. The molecule has 0 aliphatic heterocycles. The van der Waals surface area contributed by atoms with Crippen molar-refractivity contribution in [1.82, 2.24) is 4.48 Å². The highest BCUT2D eigenvalue weighted by Gasteiger charge is 2.19. The third-order valence-electron chi connectivity index (χ3n) is 4.38. The molecule has 0 saturated carbocycles. The molecule has 0 saturated heterocycles. The molecule has 0 aliphatic carbocycles. The van der Waals surface area contributed by atoms with Gasteiger partial charge >= 0.3 is 0 Å². The Labute approximate surface area is 136 Å². The van der Waals surface area contributed by atoms with Gasteiger partial charge in [-0.1, -0.05) is 68.7 Å². The number of benzene rings is 2. The minimum Gasteiger partial charge on any atom is -0.292 e. The lowest BCUT2D eigenvalue weighted by Gasteiger charge is -2.29. The van der Waals surface area contributed by atoms with Gasteiger partial charge in [0, 0.05) is 5.56 Å². The number of rotatable bonds is 8. The van der Waals surface area contributed by atoms with E-state index < -0.39 is 0 Å². The van der Waals surface area contributed by atoms with Crippen LogP contribution in [0.2, 0.25) is 0 Å². The Balaban J connectivity index is 1.96. The predicted octanol–water partition coefficient (Wildman–Crippen LogP) is 5.58. The molecule has 0 fully saturated rings. The van der Waals surface area contributed by atoms with Crippen molar-refractivity contribution in [2.75, 3.05) is 14.1 Å². The molecule has 0 unspecified atom stereocenters. The third-order valence-corrected chi connectivity index (χ3v) is 4.38. The Morgan fingerprint density at radius 3 is 2.05 bits per heavy atom. The van der Waals surface area contributed by atoms with Crippen LogP contribution in [0.3, 0.4) is 0 Å². The van der Waals surface area contributed by atoms with Gasteiger partial charge in [-0.05, 0) is 30.5 Å². The highest BCUT2D eigenvalue weighted by molar-refractivity contribution is 5.44. The molecular weight excluding hydrogens is 266 g/mol. The average Bonchev–Trinajstić information content (AvgIpc) is 2.53. The summed E-state index contributed by atoms with van der Waals surface area (Å²) in [4.78, 5) is 0. The SMILES string of the molecule is CCCCCCc1ccc([N+](C)(C)Cc2ccccc2)cc1. The third kappa shape index (κ3) is 4.99. The quantitative estimate of drug-likeness (QED) is 0.441. The van der Waals surface area contributed by atoms with Crippen molar-refractivity contribution in [3.63, 3.8) is 0 Å². The molecule has 0 heterocycles. The van der Waals surface area contributed by atoms with Crippen LogP contribution in [-0.2, 0) is 13.0 Å². The van der Waals surface area contributed by atoms with Crippen molar-refractivity contribution in [2.24, 2.45) is 0 Å². The lowest BCUT2D eigenvalue weighted by Crippen LogP contribution is -2.39. The highest BCUT2D eigenvalue weighted by atomic mass is 15.3. The van der Waals surface area contributed by atoms with E-state index in [1.54, 1.807) is 0 Å². The van der Waals surface area contributed by atoms with Crippen molar-refractivity contribution in [1.29, 1.82) is 0 Å². The van der Waals surface area contributed by atoms with Gasteiger partial charge in [-0.3, -0.25) is 4.48 Å². The van der Waals surface area contributed by atoms with Crippen molar-refractivity contribution in [2.45, 2.75) is 45.6 Å². The van der Waals surface area contributed by atoms with E-state index in [-0.39, 0.29) is 0 Å². The fraction of sp³-hybridized carbons (Fsp3) is 0.429. The van der Waals surface area contributed by atoms with Crippen LogP contribution in [0.25, 0.3) is 0 Å². The van der Waals surface area contributed by atoms with Crippen LogP contribution < -0.4 is 4.48 Å². The second-order valence-corrected chi connectivity index (χ2v) is 6.81. The molecule has 0 bridgehead atoms. The summed E-state index contributed by atoms with van der Waals surface area (Å²) in [6, 6.07) is 20.0. The van der Waals surface area contributed by atoms with Crippen LogP contribution >= 0.6 is 0 Å². The first-order chi connectivity index (χ1) is 10.6. The van der Waals surface area contributed by atoms with E-state index in [0.29, 0.717) is 0 Å². The normalized spacial score (nSPS) is 11.6. The zero-order chi connectivity index (χ0) is 15.8. The summed E-state index contributed by atoms with van der Waals surface area (Å²) >= 11 is 0. The molecular formula is C21H30N+. The molecule has 0 aromatic heterocycles. The molecule has 2 aromatic carbocycles. The summed E-state index contributed by atoms with van der Waals surface area (Å²) in [6.45, 7) is 3.29. The maximum atomic E-state index is 2.31. The van der Waals surface area contributed by atoms with Gasteiger partial charge < -0.3 is 0 Å². The van der Waals surface area contributed by atoms with Crippen molar-refractivity contribution >= 4 is 5.69 Å². The minimum atomic E-state index is 0.889. The molecule has 22 heavy (non-hydrogen) atoms. The van der Waals surface area contributed by atoms with E-state index in [9.17, 15) is 0 Å². The lowest BCUT2D eigenvalue weighted by molar-refractivity contribution is 0.392. The smallest absolute Gasteiger partial charge is 0.132 e. The second-order valence-electron chi connectivity index (χ2n) is 6.81. The van der Waals surface area contributed by atoms with Gasteiger partial charge in [0.2, 0.25) is 0 Å². The first kappa shape index (κ1) is 16.8. The number of quaternary nitrogens is 1. The average molecular weight is 296 g/mol. The van der Waals surface area contributed by atoms with Gasteiger partial charge in [-0.15, -0.1) is 0 Å². The van der Waals surface area contributed by atoms with Crippen LogP contribution in [0.5, 0.6) is 0 Å². The standard InChI is InChI=1S/C21H30N/c1-4-5-6-8-11-19-14-16-21(17-15-19)22(2,3)18-20-12-9-7-10-13-20/h7,9-10,12-17H,4-6,8,11,18H2,1-3H3/q+1. The van der Waals surface area contributed by atoms with E-state index in [1.165, 1.54) is 48.9 Å². The molecule has 0 radical (unpaired) electrons. The van der Waals surface area contributed by atoms with E-state index in [1.807, 2.05) is 0 Å². The van der Waals surface area contributed by atoms with Crippen LogP contribution in [0.15, 0.2) is 54.6 Å². The summed E-state index contributed by atoms with van der Waals surface area (Å²) in [7, 11) is 4.56. The minimum absolute atomic E-state index is 0.889. The summed E-state index contributed by atoms with van der Waals surface area (Å²) < 4.78 is 0.889. The van der Waals surface area contributed by atoms with E-state index >= 15 is 0 Å². The van der Waals surface area contributed by atoms with Gasteiger partial charge in [0.1, 0.15) is 12.2 Å². The van der Waals surface area contributed by atoms with Crippen molar-refractivity contribution in [3.05, 3.63) is 65.7 Å². The highest BCUT2D eigenvalue weighted by Crippen LogP contribution is 2.23. The van der Waals surface area contributed by atoms with Crippen LogP contribution in [0, 0.1) is 0 Å². The van der Waals surface area contributed by atoms with Gasteiger partial charge in [0.25, 0.3) is 0 Å². The van der Waals surface area contributed by atoms with Crippen molar-refractivity contribution in [3.8, 4) is 0 Å². The largest absolute Gasteiger partial charge is 0.292 e.